The molecule has 6 nitrogen and oxygen atoms in total. The Morgan fingerprint density at radius 3 is 2.43 bits per heavy atom. The Labute approximate surface area is 127 Å². The molecule has 0 aliphatic carbocycles. The molecular formula is C15H26N4O2. The molecule has 1 atom stereocenters. The second-order valence-corrected chi connectivity index (χ2v) is 5.30. The van der Waals surface area contributed by atoms with Gasteiger partial charge in [-0.1, -0.05) is 12.2 Å². The minimum Gasteiger partial charge on any atom is -0.347 e. The number of carbonyl (C=O) groups is 2. The number of amides is 2. The van der Waals surface area contributed by atoms with Gasteiger partial charge in [-0.15, -0.1) is 13.2 Å². The highest BCUT2D eigenvalue weighted by Gasteiger charge is 2.31. The summed E-state index contributed by atoms with van der Waals surface area (Å²) in [6.45, 7) is 10.6. The van der Waals surface area contributed by atoms with Crippen LogP contribution in [0.2, 0.25) is 0 Å². The summed E-state index contributed by atoms with van der Waals surface area (Å²) in [7, 11) is 3.47. The molecular weight excluding hydrogens is 268 g/mol. The van der Waals surface area contributed by atoms with Crippen molar-refractivity contribution in [2.45, 2.75) is 6.04 Å². The van der Waals surface area contributed by atoms with Crippen molar-refractivity contribution in [3.05, 3.63) is 25.3 Å². The van der Waals surface area contributed by atoms with Crippen LogP contribution in [0.25, 0.3) is 0 Å². The van der Waals surface area contributed by atoms with Crippen LogP contribution in [0.5, 0.6) is 0 Å². The standard InChI is InChI=1S/C15H26N4O2/c1-5-8-18(9-6-2)14(20)12-19-10-7-16-11-13(19)15(21)17(3)4/h5-6,13,16H,1-2,7-12H2,3-4H3. The normalized spacial score (nSPS) is 18.9. The molecule has 0 aromatic heterocycles. The molecule has 6 heteroatoms. The number of carbonyl (C=O) groups excluding carboxylic acids is 2. The minimum absolute atomic E-state index is 0.00624. The van der Waals surface area contributed by atoms with Crippen LogP contribution in [-0.2, 0) is 9.59 Å². The molecule has 0 bridgehead atoms. The molecule has 1 fully saturated rings. The summed E-state index contributed by atoms with van der Waals surface area (Å²) >= 11 is 0. The van der Waals surface area contributed by atoms with Crippen LogP contribution in [0.3, 0.4) is 0 Å². The Bertz CT molecular complexity index is 385. The minimum atomic E-state index is -0.285. The molecule has 0 radical (unpaired) electrons. The largest absolute Gasteiger partial charge is 0.347 e. The van der Waals surface area contributed by atoms with Gasteiger partial charge in [-0.3, -0.25) is 14.5 Å². The Hall–Kier alpha value is -1.66. The van der Waals surface area contributed by atoms with Gasteiger partial charge in [0.25, 0.3) is 0 Å². The monoisotopic (exact) mass is 294 g/mol. The molecule has 21 heavy (non-hydrogen) atoms. The summed E-state index contributed by atoms with van der Waals surface area (Å²) in [5.74, 6) is 0.0160. The molecule has 0 spiro atoms. The van der Waals surface area contributed by atoms with Crippen LogP contribution in [0, 0.1) is 0 Å². The van der Waals surface area contributed by atoms with E-state index in [0.29, 0.717) is 26.2 Å². The number of nitrogens with one attached hydrogen (secondary N) is 1. The van der Waals surface area contributed by atoms with E-state index < -0.39 is 0 Å². The average molecular weight is 294 g/mol. The van der Waals surface area contributed by atoms with Gasteiger partial charge in [0.05, 0.1) is 6.54 Å². The van der Waals surface area contributed by atoms with Gasteiger partial charge >= 0.3 is 0 Å². The highest BCUT2D eigenvalue weighted by Crippen LogP contribution is 2.07. The van der Waals surface area contributed by atoms with E-state index in [1.807, 2.05) is 4.90 Å². The summed E-state index contributed by atoms with van der Waals surface area (Å²) in [4.78, 5) is 29.8. The molecule has 1 N–H and O–H groups in total. The molecule has 0 aromatic rings. The van der Waals surface area contributed by atoms with Gasteiger partial charge in [-0.2, -0.15) is 0 Å². The van der Waals surface area contributed by atoms with E-state index >= 15 is 0 Å². The first-order valence-electron chi connectivity index (χ1n) is 7.16. The molecule has 0 saturated carbocycles. The fraction of sp³-hybridized carbons (Fsp3) is 0.600. The van der Waals surface area contributed by atoms with Gasteiger partial charge in [0.2, 0.25) is 11.8 Å². The zero-order valence-electron chi connectivity index (χ0n) is 13.0. The van der Waals surface area contributed by atoms with Crippen LogP contribution >= 0.6 is 0 Å². The summed E-state index contributed by atoms with van der Waals surface area (Å²) in [6.07, 6.45) is 3.39. The predicted octanol–water partition coefficient (Wildman–Crippen LogP) is -0.451. The Kier molecular flexibility index (Phi) is 7.11. The van der Waals surface area contributed by atoms with Crippen molar-refractivity contribution in [1.82, 2.24) is 20.0 Å². The second-order valence-electron chi connectivity index (χ2n) is 5.30. The van der Waals surface area contributed by atoms with E-state index in [2.05, 4.69) is 18.5 Å². The van der Waals surface area contributed by atoms with Crippen molar-refractivity contribution in [3.8, 4) is 0 Å². The van der Waals surface area contributed by atoms with Crippen LogP contribution < -0.4 is 5.32 Å². The van der Waals surface area contributed by atoms with E-state index in [9.17, 15) is 9.59 Å². The lowest BCUT2D eigenvalue weighted by Crippen LogP contribution is -2.59. The third-order valence-electron chi connectivity index (χ3n) is 3.47. The second kappa shape index (κ2) is 8.59. The molecule has 1 heterocycles. The van der Waals surface area contributed by atoms with Crippen LogP contribution in [-0.4, -0.2) is 85.9 Å². The van der Waals surface area contributed by atoms with Crippen molar-refractivity contribution >= 4 is 11.8 Å². The number of rotatable bonds is 7. The summed E-state index contributed by atoms with van der Waals surface area (Å²) in [6, 6.07) is -0.285. The smallest absolute Gasteiger partial charge is 0.240 e. The maximum Gasteiger partial charge on any atom is 0.240 e. The van der Waals surface area contributed by atoms with Gasteiger partial charge < -0.3 is 15.1 Å². The van der Waals surface area contributed by atoms with E-state index in [1.54, 1.807) is 36.0 Å². The lowest BCUT2D eigenvalue weighted by molar-refractivity contribution is -0.138. The molecule has 1 aliphatic rings. The van der Waals surface area contributed by atoms with Crippen molar-refractivity contribution in [3.63, 3.8) is 0 Å². The SMILES string of the molecule is C=CCN(CC=C)C(=O)CN1CCNCC1C(=O)N(C)C. The number of hydrogen-bond acceptors (Lipinski definition) is 4. The quantitative estimate of drug-likeness (QED) is 0.646. The van der Waals surface area contributed by atoms with E-state index in [0.717, 1.165) is 6.54 Å². The first kappa shape index (κ1) is 17.4. The first-order chi connectivity index (χ1) is 10.0. The molecule has 1 aliphatic heterocycles. The molecule has 1 saturated heterocycles. The van der Waals surface area contributed by atoms with Crippen LogP contribution in [0.1, 0.15) is 0 Å². The van der Waals surface area contributed by atoms with Crippen molar-refractivity contribution in [1.29, 1.82) is 0 Å². The van der Waals surface area contributed by atoms with E-state index in [4.69, 9.17) is 0 Å². The van der Waals surface area contributed by atoms with Crippen LogP contribution in [0.15, 0.2) is 25.3 Å². The number of nitrogens with zero attached hydrogens (tertiary/aromatic N) is 3. The summed E-state index contributed by atoms with van der Waals surface area (Å²) in [5.41, 5.74) is 0. The number of likely N-dealkylation sites (N-methyl/N-ethyl adjacent to an activating group) is 1. The topological polar surface area (TPSA) is 55.9 Å². The van der Waals surface area contributed by atoms with Crippen molar-refractivity contribution in [2.24, 2.45) is 0 Å². The van der Waals surface area contributed by atoms with E-state index in [-0.39, 0.29) is 24.4 Å². The zero-order chi connectivity index (χ0) is 15.8. The predicted molar refractivity (Wildman–Crippen MR) is 83.9 cm³/mol. The van der Waals surface area contributed by atoms with Gasteiger partial charge in [0.15, 0.2) is 0 Å². The molecule has 0 aromatic carbocycles. The van der Waals surface area contributed by atoms with E-state index in [1.165, 1.54) is 0 Å². The molecule has 118 valence electrons. The van der Waals surface area contributed by atoms with Crippen LogP contribution in [0.4, 0.5) is 0 Å². The Balaban J connectivity index is 2.71. The highest BCUT2D eigenvalue weighted by molar-refractivity contribution is 5.84. The maximum atomic E-state index is 12.4. The summed E-state index contributed by atoms with van der Waals surface area (Å²) in [5, 5.41) is 3.21. The molecule has 1 unspecified atom stereocenters. The van der Waals surface area contributed by atoms with Crippen molar-refractivity contribution in [2.75, 3.05) is 53.4 Å². The zero-order valence-corrected chi connectivity index (χ0v) is 13.0. The third kappa shape index (κ3) is 4.99. The fourth-order valence-corrected chi connectivity index (χ4v) is 2.34. The van der Waals surface area contributed by atoms with Crippen molar-refractivity contribution < 1.29 is 9.59 Å². The average Bonchev–Trinajstić information content (AvgIpc) is 2.46. The fourth-order valence-electron chi connectivity index (χ4n) is 2.34. The lowest BCUT2D eigenvalue weighted by atomic mass is 10.1. The van der Waals surface area contributed by atoms with Gasteiger partial charge in [0, 0.05) is 46.8 Å². The summed E-state index contributed by atoms with van der Waals surface area (Å²) < 4.78 is 0. The lowest BCUT2D eigenvalue weighted by Gasteiger charge is -2.36. The highest BCUT2D eigenvalue weighted by atomic mass is 16.2. The maximum absolute atomic E-state index is 12.4. The molecule has 1 rings (SSSR count). The number of hydrogen-bond donors (Lipinski definition) is 1. The third-order valence-corrected chi connectivity index (χ3v) is 3.47. The Morgan fingerprint density at radius 2 is 1.90 bits per heavy atom. The first-order valence-corrected chi connectivity index (χ1v) is 7.16. The number of piperazine rings is 1. The van der Waals surface area contributed by atoms with Gasteiger partial charge in [0.1, 0.15) is 6.04 Å². The Morgan fingerprint density at radius 1 is 1.29 bits per heavy atom. The van der Waals surface area contributed by atoms with Gasteiger partial charge in [-0.05, 0) is 0 Å². The molecule has 2 amide bonds. The van der Waals surface area contributed by atoms with Gasteiger partial charge in [-0.25, -0.2) is 0 Å².